The Morgan fingerprint density at radius 2 is 2.10 bits per heavy atom. The first-order valence-corrected chi connectivity index (χ1v) is 7.72. The lowest BCUT2D eigenvalue weighted by Crippen LogP contribution is -2.30. The van der Waals surface area contributed by atoms with Crippen molar-refractivity contribution < 1.29 is 9.53 Å². The number of benzene rings is 1. The zero-order valence-electron chi connectivity index (χ0n) is 12.6. The Morgan fingerprint density at radius 1 is 1.30 bits per heavy atom. The maximum Gasteiger partial charge on any atom is 0.305 e. The highest BCUT2D eigenvalue weighted by Crippen LogP contribution is 2.31. The van der Waals surface area contributed by atoms with Crippen molar-refractivity contribution in [2.24, 2.45) is 0 Å². The van der Waals surface area contributed by atoms with E-state index in [4.69, 9.17) is 4.74 Å². The first-order chi connectivity index (χ1) is 9.72. The van der Waals surface area contributed by atoms with Crippen molar-refractivity contribution in [2.45, 2.75) is 52.0 Å². The molecule has 0 N–H and O–H groups in total. The number of para-hydroxylation sites is 1. The van der Waals surface area contributed by atoms with Crippen LogP contribution in [0.5, 0.6) is 0 Å². The largest absolute Gasteiger partial charge is 0.466 e. The molecule has 0 amide bonds. The summed E-state index contributed by atoms with van der Waals surface area (Å²) in [5.74, 6) is -0.0626. The van der Waals surface area contributed by atoms with Crippen molar-refractivity contribution in [3.63, 3.8) is 0 Å². The van der Waals surface area contributed by atoms with E-state index in [2.05, 4.69) is 36.1 Å². The van der Waals surface area contributed by atoms with Crippen LogP contribution in [0.15, 0.2) is 24.3 Å². The third-order valence-electron chi connectivity index (χ3n) is 3.93. The lowest BCUT2D eigenvalue weighted by Gasteiger charge is -2.24. The highest BCUT2D eigenvalue weighted by atomic mass is 16.5. The number of carbonyl (C=O) groups is 1. The Labute approximate surface area is 121 Å². The molecule has 110 valence electrons. The second-order valence-electron chi connectivity index (χ2n) is 5.49. The summed E-state index contributed by atoms with van der Waals surface area (Å²) in [5.41, 5.74) is 2.86. The molecule has 2 rings (SSSR count). The van der Waals surface area contributed by atoms with Crippen molar-refractivity contribution in [1.82, 2.24) is 0 Å². The van der Waals surface area contributed by atoms with Gasteiger partial charge in [0.25, 0.3) is 0 Å². The molecule has 0 fully saturated rings. The van der Waals surface area contributed by atoms with Crippen LogP contribution in [0.25, 0.3) is 0 Å². The number of unbranched alkanes of at least 4 members (excludes halogenated alkanes) is 2. The topological polar surface area (TPSA) is 29.5 Å². The molecule has 1 aromatic carbocycles. The molecule has 0 radical (unpaired) electrons. The third-order valence-corrected chi connectivity index (χ3v) is 3.93. The molecule has 1 unspecified atom stereocenters. The van der Waals surface area contributed by atoms with E-state index in [-0.39, 0.29) is 5.97 Å². The van der Waals surface area contributed by atoms with Crippen molar-refractivity contribution in [1.29, 1.82) is 0 Å². The summed E-state index contributed by atoms with van der Waals surface area (Å²) in [6, 6.07) is 9.28. The molecule has 0 bridgehead atoms. The summed E-state index contributed by atoms with van der Waals surface area (Å²) in [4.78, 5) is 13.7. The SMILES string of the molecule is CCOC(=O)CCCCCN1c2ccccc2CC1C. The summed E-state index contributed by atoms with van der Waals surface area (Å²) >= 11 is 0. The fourth-order valence-electron chi connectivity index (χ4n) is 2.93. The molecule has 1 atom stereocenters. The molecule has 0 spiro atoms. The fraction of sp³-hybridized carbons (Fsp3) is 0.588. The molecular weight excluding hydrogens is 250 g/mol. The van der Waals surface area contributed by atoms with Gasteiger partial charge in [0, 0.05) is 24.7 Å². The van der Waals surface area contributed by atoms with E-state index >= 15 is 0 Å². The molecule has 1 aliphatic rings. The van der Waals surface area contributed by atoms with Gasteiger partial charge >= 0.3 is 5.97 Å². The minimum Gasteiger partial charge on any atom is -0.466 e. The van der Waals surface area contributed by atoms with Crippen LogP contribution in [-0.2, 0) is 16.0 Å². The number of hydrogen-bond acceptors (Lipinski definition) is 3. The van der Waals surface area contributed by atoms with E-state index in [1.54, 1.807) is 0 Å². The van der Waals surface area contributed by atoms with Gasteiger partial charge in [0.2, 0.25) is 0 Å². The van der Waals surface area contributed by atoms with Gasteiger partial charge in [0.1, 0.15) is 0 Å². The molecule has 3 nitrogen and oxygen atoms in total. The summed E-state index contributed by atoms with van der Waals surface area (Å²) in [6.45, 7) is 5.71. The lowest BCUT2D eigenvalue weighted by atomic mass is 10.1. The predicted octanol–water partition coefficient (Wildman–Crippen LogP) is 3.56. The van der Waals surface area contributed by atoms with Crippen LogP contribution in [0.2, 0.25) is 0 Å². The minimum absolute atomic E-state index is 0.0626. The molecule has 0 aliphatic carbocycles. The van der Waals surface area contributed by atoms with Crippen LogP contribution < -0.4 is 4.90 Å². The van der Waals surface area contributed by atoms with Gasteiger partial charge in [-0.1, -0.05) is 24.6 Å². The molecule has 3 heteroatoms. The summed E-state index contributed by atoms with van der Waals surface area (Å²) in [6.07, 6.45) is 4.87. The number of rotatable bonds is 7. The maximum atomic E-state index is 11.2. The monoisotopic (exact) mass is 275 g/mol. The van der Waals surface area contributed by atoms with Gasteiger partial charge in [-0.15, -0.1) is 0 Å². The normalized spacial score (nSPS) is 17.1. The van der Waals surface area contributed by atoms with Crippen molar-refractivity contribution in [2.75, 3.05) is 18.1 Å². The quantitative estimate of drug-likeness (QED) is 0.563. The van der Waals surface area contributed by atoms with Gasteiger partial charge in [0.05, 0.1) is 6.61 Å². The molecule has 20 heavy (non-hydrogen) atoms. The molecule has 0 saturated carbocycles. The van der Waals surface area contributed by atoms with E-state index in [1.165, 1.54) is 11.3 Å². The molecule has 0 aromatic heterocycles. The first-order valence-electron chi connectivity index (χ1n) is 7.72. The van der Waals surface area contributed by atoms with Gasteiger partial charge in [-0.3, -0.25) is 4.79 Å². The van der Waals surface area contributed by atoms with Crippen LogP contribution >= 0.6 is 0 Å². The summed E-state index contributed by atoms with van der Waals surface area (Å²) < 4.78 is 4.94. The van der Waals surface area contributed by atoms with E-state index in [0.717, 1.165) is 32.2 Å². The molecule has 1 aromatic rings. The van der Waals surface area contributed by atoms with Gasteiger partial charge in [-0.25, -0.2) is 0 Å². The average Bonchev–Trinajstić information content (AvgIpc) is 2.75. The molecule has 1 heterocycles. The lowest BCUT2D eigenvalue weighted by molar-refractivity contribution is -0.143. The second-order valence-corrected chi connectivity index (χ2v) is 5.49. The number of nitrogens with zero attached hydrogens (tertiary/aromatic N) is 1. The standard InChI is InChI=1S/C17H25NO2/c1-3-20-17(19)11-5-4-8-12-18-14(2)13-15-9-6-7-10-16(15)18/h6-7,9-10,14H,3-5,8,11-13H2,1-2H3. The van der Waals surface area contributed by atoms with Crippen LogP contribution in [0, 0.1) is 0 Å². The highest BCUT2D eigenvalue weighted by molar-refractivity contribution is 5.69. The maximum absolute atomic E-state index is 11.2. The smallest absolute Gasteiger partial charge is 0.305 e. The fourth-order valence-corrected chi connectivity index (χ4v) is 2.93. The van der Waals surface area contributed by atoms with E-state index in [0.29, 0.717) is 19.1 Å². The Morgan fingerprint density at radius 3 is 2.90 bits per heavy atom. The van der Waals surface area contributed by atoms with E-state index in [9.17, 15) is 4.79 Å². The van der Waals surface area contributed by atoms with E-state index < -0.39 is 0 Å². The Kier molecular flexibility index (Phi) is 5.45. The third kappa shape index (κ3) is 3.75. The van der Waals surface area contributed by atoms with Gasteiger partial charge in [-0.2, -0.15) is 0 Å². The van der Waals surface area contributed by atoms with Crippen molar-refractivity contribution >= 4 is 11.7 Å². The van der Waals surface area contributed by atoms with Gasteiger partial charge in [-0.05, 0) is 44.7 Å². The second kappa shape index (κ2) is 7.32. The number of hydrogen-bond donors (Lipinski definition) is 0. The summed E-state index contributed by atoms with van der Waals surface area (Å²) in [7, 11) is 0. The van der Waals surface area contributed by atoms with Crippen LogP contribution in [0.1, 0.15) is 45.1 Å². The van der Waals surface area contributed by atoms with Crippen LogP contribution in [0.4, 0.5) is 5.69 Å². The zero-order chi connectivity index (χ0) is 14.4. The average molecular weight is 275 g/mol. The zero-order valence-corrected chi connectivity index (χ0v) is 12.6. The van der Waals surface area contributed by atoms with Gasteiger partial charge < -0.3 is 9.64 Å². The predicted molar refractivity (Wildman–Crippen MR) is 82.1 cm³/mol. The molecule has 0 saturated heterocycles. The Balaban J connectivity index is 1.71. The molecule has 1 aliphatic heterocycles. The number of fused-ring (bicyclic) bond motifs is 1. The first kappa shape index (κ1) is 14.9. The number of carbonyl (C=O) groups excluding carboxylic acids is 1. The Hall–Kier alpha value is -1.51. The van der Waals surface area contributed by atoms with E-state index in [1.807, 2.05) is 6.92 Å². The Bertz CT molecular complexity index is 444. The number of anilines is 1. The van der Waals surface area contributed by atoms with Gasteiger partial charge in [0.15, 0.2) is 0 Å². The number of ether oxygens (including phenoxy) is 1. The van der Waals surface area contributed by atoms with Crippen LogP contribution in [-0.4, -0.2) is 25.2 Å². The summed E-state index contributed by atoms with van der Waals surface area (Å²) in [5, 5.41) is 0. The van der Waals surface area contributed by atoms with Crippen LogP contribution in [0.3, 0.4) is 0 Å². The van der Waals surface area contributed by atoms with Crippen molar-refractivity contribution in [3.8, 4) is 0 Å². The minimum atomic E-state index is -0.0626. The highest BCUT2D eigenvalue weighted by Gasteiger charge is 2.24. The molecular formula is C17H25NO2. The number of esters is 1. The van der Waals surface area contributed by atoms with Crippen molar-refractivity contribution in [3.05, 3.63) is 29.8 Å².